The molecule has 0 saturated carbocycles. The molecule has 23 heavy (non-hydrogen) atoms. The van der Waals surface area contributed by atoms with Crippen molar-refractivity contribution in [2.75, 3.05) is 19.8 Å². The Hall–Kier alpha value is -0.900. The highest BCUT2D eigenvalue weighted by atomic mass is 16.7. The molecule has 1 saturated heterocycles. The van der Waals surface area contributed by atoms with E-state index < -0.39 is 0 Å². The van der Waals surface area contributed by atoms with E-state index in [-0.39, 0.29) is 12.9 Å². The van der Waals surface area contributed by atoms with Crippen LogP contribution in [0.4, 0.5) is 0 Å². The van der Waals surface area contributed by atoms with Crippen molar-refractivity contribution < 1.29 is 14.6 Å². The standard InChI is InChI=1S/C20H34O3/c1-17(8-6-10-18(2)13-14-21)9-7-11-19(3)16-23-20-12-4-5-15-22-20/h8,11,13,20-21H,4-7,9-10,12,14-16H2,1-3H3/b17-8+,18-13+,19-11+. The Bertz CT molecular complexity index is 401. The van der Waals surface area contributed by atoms with Gasteiger partial charge in [0, 0.05) is 6.61 Å². The molecule has 0 amide bonds. The summed E-state index contributed by atoms with van der Waals surface area (Å²) in [6.07, 6.45) is 14.1. The molecular formula is C20H34O3. The Labute approximate surface area is 142 Å². The van der Waals surface area contributed by atoms with Crippen molar-refractivity contribution in [3.63, 3.8) is 0 Å². The topological polar surface area (TPSA) is 38.7 Å². The molecule has 1 aliphatic heterocycles. The van der Waals surface area contributed by atoms with Gasteiger partial charge in [-0.05, 0) is 65.7 Å². The third-order valence-corrected chi connectivity index (χ3v) is 4.14. The van der Waals surface area contributed by atoms with Gasteiger partial charge in [0.25, 0.3) is 0 Å². The molecule has 3 heteroatoms. The van der Waals surface area contributed by atoms with Crippen LogP contribution >= 0.6 is 0 Å². The molecule has 1 rings (SSSR count). The largest absolute Gasteiger partial charge is 0.392 e. The van der Waals surface area contributed by atoms with Crippen LogP contribution in [0, 0.1) is 0 Å². The number of ether oxygens (including phenoxy) is 2. The second-order valence-corrected chi connectivity index (χ2v) is 6.52. The zero-order valence-electron chi connectivity index (χ0n) is 15.1. The van der Waals surface area contributed by atoms with Gasteiger partial charge in [-0.25, -0.2) is 0 Å². The van der Waals surface area contributed by atoms with E-state index in [0.717, 1.165) is 45.1 Å². The van der Waals surface area contributed by atoms with Gasteiger partial charge in [0.1, 0.15) is 0 Å². The summed E-state index contributed by atoms with van der Waals surface area (Å²) in [5, 5.41) is 8.82. The Balaban J connectivity index is 2.16. The van der Waals surface area contributed by atoms with E-state index in [9.17, 15) is 0 Å². The van der Waals surface area contributed by atoms with Gasteiger partial charge < -0.3 is 14.6 Å². The number of aliphatic hydroxyl groups excluding tert-OH is 1. The lowest BCUT2D eigenvalue weighted by molar-refractivity contribution is -0.156. The summed E-state index contributed by atoms with van der Waals surface area (Å²) in [5.74, 6) is 0. The highest BCUT2D eigenvalue weighted by Gasteiger charge is 2.13. The number of hydrogen-bond acceptors (Lipinski definition) is 3. The molecule has 0 aromatic heterocycles. The summed E-state index contributed by atoms with van der Waals surface area (Å²) < 4.78 is 11.4. The van der Waals surface area contributed by atoms with Crippen LogP contribution in [-0.4, -0.2) is 31.2 Å². The normalized spacial score (nSPS) is 20.9. The van der Waals surface area contributed by atoms with Crippen molar-refractivity contribution in [3.8, 4) is 0 Å². The molecule has 1 N–H and O–H groups in total. The lowest BCUT2D eigenvalue weighted by atomic mass is 10.1. The van der Waals surface area contributed by atoms with Crippen molar-refractivity contribution in [1.82, 2.24) is 0 Å². The molecule has 1 atom stereocenters. The summed E-state index contributed by atoms with van der Waals surface area (Å²) in [6, 6.07) is 0. The van der Waals surface area contributed by atoms with E-state index in [1.54, 1.807) is 0 Å². The van der Waals surface area contributed by atoms with E-state index in [2.05, 4.69) is 32.9 Å². The molecule has 0 aromatic carbocycles. The predicted molar refractivity (Wildman–Crippen MR) is 96.4 cm³/mol. The van der Waals surface area contributed by atoms with Crippen LogP contribution in [0.2, 0.25) is 0 Å². The zero-order valence-corrected chi connectivity index (χ0v) is 15.1. The van der Waals surface area contributed by atoms with Crippen molar-refractivity contribution in [1.29, 1.82) is 0 Å². The first-order chi connectivity index (χ1) is 11.1. The maximum atomic E-state index is 8.82. The van der Waals surface area contributed by atoms with E-state index in [1.807, 2.05) is 6.08 Å². The first kappa shape index (κ1) is 20.1. The maximum Gasteiger partial charge on any atom is 0.158 e. The van der Waals surface area contributed by atoms with Crippen LogP contribution in [-0.2, 0) is 9.47 Å². The molecule has 3 nitrogen and oxygen atoms in total. The molecule has 1 aliphatic rings. The fourth-order valence-electron chi connectivity index (χ4n) is 2.58. The number of hydrogen-bond donors (Lipinski definition) is 1. The Morgan fingerprint density at radius 1 is 1.00 bits per heavy atom. The minimum Gasteiger partial charge on any atom is -0.392 e. The van der Waals surface area contributed by atoms with Crippen LogP contribution in [0.3, 0.4) is 0 Å². The van der Waals surface area contributed by atoms with Crippen LogP contribution in [0.5, 0.6) is 0 Å². The van der Waals surface area contributed by atoms with Gasteiger partial charge in [-0.2, -0.15) is 0 Å². The highest BCUT2D eigenvalue weighted by Crippen LogP contribution is 2.15. The van der Waals surface area contributed by atoms with Gasteiger partial charge in [-0.15, -0.1) is 0 Å². The zero-order chi connectivity index (χ0) is 16.9. The molecule has 0 radical (unpaired) electrons. The molecule has 0 aromatic rings. The lowest BCUT2D eigenvalue weighted by Crippen LogP contribution is -2.22. The fraction of sp³-hybridized carbons (Fsp3) is 0.700. The Morgan fingerprint density at radius 2 is 1.65 bits per heavy atom. The third-order valence-electron chi connectivity index (χ3n) is 4.14. The number of rotatable bonds is 10. The SMILES string of the molecule is C/C(=C\CO)CC/C=C(\C)CC/C=C(\C)COC1CCCCO1. The Kier molecular flexibility index (Phi) is 11.0. The van der Waals surface area contributed by atoms with Gasteiger partial charge in [0.15, 0.2) is 6.29 Å². The quantitative estimate of drug-likeness (QED) is 0.580. The van der Waals surface area contributed by atoms with Crippen molar-refractivity contribution in [2.45, 2.75) is 72.0 Å². The smallest absolute Gasteiger partial charge is 0.158 e. The first-order valence-electron chi connectivity index (χ1n) is 8.92. The molecular weight excluding hydrogens is 288 g/mol. The molecule has 1 fully saturated rings. The minimum absolute atomic E-state index is 0.00365. The third kappa shape index (κ3) is 10.5. The number of aliphatic hydroxyl groups is 1. The minimum atomic E-state index is 0.00365. The van der Waals surface area contributed by atoms with E-state index >= 15 is 0 Å². The monoisotopic (exact) mass is 322 g/mol. The van der Waals surface area contributed by atoms with Crippen LogP contribution < -0.4 is 0 Å². The highest BCUT2D eigenvalue weighted by molar-refractivity contribution is 5.06. The number of allylic oxidation sites excluding steroid dienone is 4. The lowest BCUT2D eigenvalue weighted by Gasteiger charge is -2.22. The Morgan fingerprint density at radius 3 is 2.26 bits per heavy atom. The molecule has 0 aliphatic carbocycles. The average molecular weight is 322 g/mol. The molecule has 0 bridgehead atoms. The summed E-state index contributed by atoms with van der Waals surface area (Å²) in [7, 11) is 0. The predicted octanol–water partition coefficient (Wildman–Crippen LogP) is 4.92. The second-order valence-electron chi connectivity index (χ2n) is 6.52. The van der Waals surface area contributed by atoms with E-state index in [0.29, 0.717) is 6.61 Å². The molecule has 132 valence electrons. The van der Waals surface area contributed by atoms with Gasteiger partial charge in [-0.1, -0.05) is 34.9 Å². The van der Waals surface area contributed by atoms with Crippen LogP contribution in [0.15, 0.2) is 34.9 Å². The molecule has 1 unspecified atom stereocenters. The summed E-state index contributed by atoms with van der Waals surface area (Å²) in [4.78, 5) is 0. The fourth-order valence-corrected chi connectivity index (χ4v) is 2.58. The van der Waals surface area contributed by atoms with Gasteiger partial charge in [-0.3, -0.25) is 0 Å². The van der Waals surface area contributed by atoms with Gasteiger partial charge in [0.2, 0.25) is 0 Å². The van der Waals surface area contributed by atoms with E-state index in [1.165, 1.54) is 23.1 Å². The van der Waals surface area contributed by atoms with Crippen LogP contribution in [0.25, 0.3) is 0 Å². The van der Waals surface area contributed by atoms with Gasteiger partial charge in [0.05, 0.1) is 13.2 Å². The summed E-state index contributed by atoms with van der Waals surface area (Å²) >= 11 is 0. The second kappa shape index (κ2) is 12.5. The maximum absolute atomic E-state index is 8.82. The summed E-state index contributed by atoms with van der Waals surface area (Å²) in [5.41, 5.74) is 3.98. The van der Waals surface area contributed by atoms with Crippen molar-refractivity contribution in [2.24, 2.45) is 0 Å². The average Bonchev–Trinajstić information content (AvgIpc) is 2.54. The molecule has 1 heterocycles. The first-order valence-corrected chi connectivity index (χ1v) is 8.92. The molecule has 0 spiro atoms. The van der Waals surface area contributed by atoms with Gasteiger partial charge >= 0.3 is 0 Å². The van der Waals surface area contributed by atoms with Crippen molar-refractivity contribution >= 4 is 0 Å². The summed E-state index contributed by atoms with van der Waals surface area (Å²) in [6.45, 7) is 8.06. The van der Waals surface area contributed by atoms with Crippen LogP contribution in [0.1, 0.15) is 65.7 Å². The van der Waals surface area contributed by atoms with Crippen molar-refractivity contribution in [3.05, 3.63) is 34.9 Å². The van der Waals surface area contributed by atoms with E-state index in [4.69, 9.17) is 14.6 Å².